The van der Waals surface area contributed by atoms with Crippen molar-refractivity contribution >= 4 is 5.97 Å². The summed E-state index contributed by atoms with van der Waals surface area (Å²) in [6.45, 7) is 0.770. The minimum Gasteiger partial charge on any atom is -0.481 e. The molecule has 1 heterocycles. The first-order valence-electron chi connectivity index (χ1n) is 6.25. The van der Waals surface area contributed by atoms with Crippen LogP contribution in [0, 0.1) is 11.7 Å². The van der Waals surface area contributed by atoms with Gasteiger partial charge >= 0.3 is 12.3 Å². The molecular weight excluding hydrogens is 294 g/mol. The summed E-state index contributed by atoms with van der Waals surface area (Å²) >= 11 is 0. The number of alkyl halides is 3. The molecule has 0 saturated carbocycles. The van der Waals surface area contributed by atoms with Crippen molar-refractivity contribution in [2.75, 3.05) is 13.1 Å². The summed E-state index contributed by atoms with van der Waals surface area (Å²) in [6.07, 6.45) is -4.65. The zero-order valence-electron chi connectivity index (χ0n) is 10.8. The maximum absolute atomic E-state index is 13.6. The van der Waals surface area contributed by atoms with E-state index in [2.05, 4.69) is 10.1 Å². The summed E-state index contributed by atoms with van der Waals surface area (Å²) in [6, 6.07) is 3.18. The fourth-order valence-corrected chi connectivity index (χ4v) is 2.36. The normalized spacial score (nSPS) is 22.9. The van der Waals surface area contributed by atoms with Crippen molar-refractivity contribution in [2.45, 2.75) is 18.7 Å². The summed E-state index contributed by atoms with van der Waals surface area (Å²) in [5, 5.41) is 11.9. The Labute approximate surface area is 117 Å². The van der Waals surface area contributed by atoms with Gasteiger partial charge in [0.05, 0.1) is 5.92 Å². The van der Waals surface area contributed by atoms with Crippen LogP contribution in [-0.2, 0) is 4.79 Å². The molecule has 116 valence electrons. The number of halogens is 4. The fraction of sp³-hybridized carbons (Fsp3) is 0.462. The van der Waals surface area contributed by atoms with Gasteiger partial charge in [-0.05, 0) is 30.0 Å². The molecule has 0 bridgehead atoms. The molecule has 2 rings (SSSR count). The Morgan fingerprint density at radius 2 is 2.05 bits per heavy atom. The Balaban J connectivity index is 2.14. The number of nitrogens with one attached hydrogen (secondary N) is 1. The van der Waals surface area contributed by atoms with Crippen molar-refractivity contribution in [3.05, 3.63) is 29.6 Å². The molecule has 1 aliphatic rings. The highest BCUT2D eigenvalue weighted by Crippen LogP contribution is 2.31. The van der Waals surface area contributed by atoms with E-state index < -0.39 is 29.8 Å². The molecule has 21 heavy (non-hydrogen) atoms. The Kier molecular flexibility index (Phi) is 4.36. The topological polar surface area (TPSA) is 58.6 Å². The van der Waals surface area contributed by atoms with E-state index in [0.29, 0.717) is 25.1 Å². The maximum Gasteiger partial charge on any atom is 0.573 e. The lowest BCUT2D eigenvalue weighted by Gasteiger charge is -2.28. The molecule has 2 unspecified atom stereocenters. The standard InChI is InChI=1S/C13H13F4NO3/c14-10-4-7(1-2-11(10)21-13(15,16)17)8-3-9(12(19)20)6-18-5-8/h1-2,4,8-9,18H,3,5-6H2,(H,19,20). The van der Waals surface area contributed by atoms with E-state index in [9.17, 15) is 22.4 Å². The second-order valence-corrected chi connectivity index (χ2v) is 4.86. The highest BCUT2D eigenvalue weighted by atomic mass is 19.4. The Morgan fingerprint density at radius 3 is 2.62 bits per heavy atom. The molecule has 1 fully saturated rings. The monoisotopic (exact) mass is 307 g/mol. The van der Waals surface area contributed by atoms with E-state index in [-0.39, 0.29) is 5.92 Å². The molecule has 1 aromatic rings. The first-order chi connectivity index (χ1) is 9.76. The zero-order chi connectivity index (χ0) is 15.6. The summed E-state index contributed by atoms with van der Waals surface area (Å²) < 4.78 is 53.3. The number of rotatable bonds is 3. The maximum atomic E-state index is 13.6. The van der Waals surface area contributed by atoms with Crippen molar-refractivity contribution in [1.29, 1.82) is 0 Å². The second kappa shape index (κ2) is 5.88. The first-order valence-corrected chi connectivity index (χ1v) is 6.25. The number of ether oxygens (including phenoxy) is 1. The van der Waals surface area contributed by atoms with Crippen LogP contribution in [0.2, 0.25) is 0 Å². The molecule has 1 aliphatic heterocycles. The second-order valence-electron chi connectivity index (χ2n) is 4.86. The third-order valence-electron chi connectivity index (χ3n) is 3.35. The number of carbonyl (C=O) groups is 1. The van der Waals surface area contributed by atoms with Gasteiger partial charge in [-0.2, -0.15) is 0 Å². The van der Waals surface area contributed by atoms with Crippen LogP contribution in [0.1, 0.15) is 17.9 Å². The van der Waals surface area contributed by atoms with Crippen LogP contribution >= 0.6 is 0 Å². The number of piperidine rings is 1. The van der Waals surface area contributed by atoms with Crippen LogP contribution in [0.4, 0.5) is 17.6 Å². The number of hydrogen-bond donors (Lipinski definition) is 2. The molecule has 1 saturated heterocycles. The number of carboxylic acids is 1. The van der Waals surface area contributed by atoms with Gasteiger partial charge < -0.3 is 15.2 Å². The molecule has 0 aromatic heterocycles. The summed E-state index contributed by atoms with van der Waals surface area (Å²) in [5.74, 6) is -3.84. The van der Waals surface area contributed by atoms with Gasteiger partial charge in [0, 0.05) is 13.1 Å². The molecule has 8 heteroatoms. The van der Waals surface area contributed by atoms with Gasteiger partial charge in [0.25, 0.3) is 0 Å². The summed E-state index contributed by atoms with van der Waals surface area (Å²) in [7, 11) is 0. The third kappa shape index (κ3) is 4.07. The van der Waals surface area contributed by atoms with Crippen LogP contribution in [-0.4, -0.2) is 30.5 Å². The van der Waals surface area contributed by atoms with Crippen molar-refractivity contribution in [1.82, 2.24) is 5.32 Å². The number of hydrogen-bond acceptors (Lipinski definition) is 3. The van der Waals surface area contributed by atoms with E-state index >= 15 is 0 Å². The number of benzene rings is 1. The first kappa shape index (κ1) is 15.6. The van der Waals surface area contributed by atoms with Crippen LogP contribution in [0.15, 0.2) is 18.2 Å². The third-order valence-corrected chi connectivity index (χ3v) is 3.35. The molecule has 4 nitrogen and oxygen atoms in total. The summed E-state index contributed by atoms with van der Waals surface area (Å²) in [4.78, 5) is 10.9. The lowest BCUT2D eigenvalue weighted by atomic mass is 9.85. The van der Waals surface area contributed by atoms with Gasteiger partial charge in [-0.3, -0.25) is 4.79 Å². The van der Waals surface area contributed by atoms with Gasteiger partial charge in [-0.1, -0.05) is 6.07 Å². The predicted octanol–water partition coefficient (Wildman–Crippen LogP) is 2.50. The molecule has 0 aliphatic carbocycles. The Hall–Kier alpha value is -1.83. The smallest absolute Gasteiger partial charge is 0.481 e. The van der Waals surface area contributed by atoms with Crippen LogP contribution in [0.5, 0.6) is 5.75 Å². The molecule has 2 atom stereocenters. The van der Waals surface area contributed by atoms with Gasteiger partial charge in [-0.25, -0.2) is 4.39 Å². The molecule has 0 radical (unpaired) electrons. The molecule has 0 amide bonds. The Bertz CT molecular complexity index is 533. The van der Waals surface area contributed by atoms with E-state index in [1.807, 2.05) is 0 Å². The lowest BCUT2D eigenvalue weighted by Crippen LogP contribution is -2.38. The molecule has 2 N–H and O–H groups in total. The van der Waals surface area contributed by atoms with E-state index in [4.69, 9.17) is 5.11 Å². The highest BCUT2D eigenvalue weighted by Gasteiger charge is 2.33. The molecule has 1 aromatic carbocycles. The van der Waals surface area contributed by atoms with Crippen LogP contribution in [0.25, 0.3) is 0 Å². The average molecular weight is 307 g/mol. The number of aliphatic carboxylic acids is 1. The van der Waals surface area contributed by atoms with Gasteiger partial charge in [0.1, 0.15) is 0 Å². The van der Waals surface area contributed by atoms with Gasteiger partial charge in [-0.15, -0.1) is 13.2 Å². The average Bonchev–Trinajstić information content (AvgIpc) is 2.40. The number of carboxylic acid groups (broad SMARTS) is 1. The Morgan fingerprint density at radius 1 is 1.33 bits per heavy atom. The minimum absolute atomic E-state index is 0.269. The van der Waals surface area contributed by atoms with E-state index in [1.54, 1.807) is 0 Å². The lowest BCUT2D eigenvalue weighted by molar-refractivity contribution is -0.275. The van der Waals surface area contributed by atoms with E-state index in [1.165, 1.54) is 6.07 Å². The van der Waals surface area contributed by atoms with Crippen LogP contribution < -0.4 is 10.1 Å². The largest absolute Gasteiger partial charge is 0.573 e. The minimum atomic E-state index is -4.96. The van der Waals surface area contributed by atoms with Gasteiger partial charge in [0.2, 0.25) is 0 Å². The van der Waals surface area contributed by atoms with Crippen molar-refractivity contribution in [3.63, 3.8) is 0 Å². The SMILES string of the molecule is O=C(O)C1CNCC(c2ccc(OC(F)(F)F)c(F)c2)C1. The fourth-order valence-electron chi connectivity index (χ4n) is 2.36. The summed E-state index contributed by atoms with van der Waals surface area (Å²) in [5.41, 5.74) is 0.445. The quantitative estimate of drug-likeness (QED) is 0.843. The van der Waals surface area contributed by atoms with Crippen molar-refractivity contribution in [2.24, 2.45) is 5.92 Å². The van der Waals surface area contributed by atoms with Crippen molar-refractivity contribution < 1.29 is 32.2 Å². The molecule has 0 spiro atoms. The predicted molar refractivity (Wildman–Crippen MR) is 64.4 cm³/mol. The van der Waals surface area contributed by atoms with Gasteiger partial charge in [0.15, 0.2) is 11.6 Å². The van der Waals surface area contributed by atoms with Crippen LogP contribution in [0.3, 0.4) is 0 Å². The zero-order valence-corrected chi connectivity index (χ0v) is 10.8. The van der Waals surface area contributed by atoms with E-state index in [0.717, 1.165) is 12.1 Å². The van der Waals surface area contributed by atoms with Crippen molar-refractivity contribution in [3.8, 4) is 5.75 Å². The highest BCUT2D eigenvalue weighted by molar-refractivity contribution is 5.70. The molecular formula is C13H13F4NO3.